The van der Waals surface area contributed by atoms with Crippen molar-refractivity contribution in [1.82, 2.24) is 25.5 Å². The van der Waals surface area contributed by atoms with Crippen LogP contribution in [-0.4, -0.2) is 32.5 Å². The fraction of sp³-hybridized carbons (Fsp3) is 0.235. The van der Waals surface area contributed by atoms with Crippen molar-refractivity contribution in [3.8, 4) is 5.69 Å². The molecule has 0 aliphatic heterocycles. The van der Waals surface area contributed by atoms with Crippen LogP contribution in [0.3, 0.4) is 0 Å². The number of aromatic nitrogens is 4. The quantitative estimate of drug-likeness (QED) is 0.436. The number of para-hydroxylation sites is 1. The smallest absolute Gasteiger partial charge is 0.214 e. The molecule has 1 heterocycles. The fourth-order valence-electron chi connectivity index (χ4n) is 2.28. The summed E-state index contributed by atoms with van der Waals surface area (Å²) in [5.41, 5.74) is 1.44. The number of nitrogens with zero attached hydrogens (tertiary/aromatic N) is 4. The van der Waals surface area contributed by atoms with Crippen molar-refractivity contribution in [2.75, 3.05) is 12.3 Å². The van der Waals surface area contributed by atoms with Crippen LogP contribution in [0.1, 0.15) is 12.0 Å². The van der Waals surface area contributed by atoms with E-state index >= 15 is 0 Å². The van der Waals surface area contributed by atoms with Crippen molar-refractivity contribution >= 4 is 23.4 Å². The molecular weight excluding hydrogens is 396 g/mol. The van der Waals surface area contributed by atoms with Crippen molar-refractivity contribution in [3.63, 3.8) is 0 Å². The Hall–Kier alpha value is -1.67. The summed E-state index contributed by atoms with van der Waals surface area (Å²) in [5, 5.41) is 16.2. The van der Waals surface area contributed by atoms with Crippen LogP contribution in [0.2, 0.25) is 5.02 Å². The lowest BCUT2D eigenvalue weighted by Gasteiger charge is -2.08. The highest BCUT2D eigenvalue weighted by Gasteiger charge is 2.09. The summed E-state index contributed by atoms with van der Waals surface area (Å²) in [6, 6.07) is 14.5. The maximum absolute atomic E-state index is 13.7. The molecule has 2 aromatic carbocycles. The van der Waals surface area contributed by atoms with Gasteiger partial charge in [0.25, 0.3) is 0 Å². The topological polar surface area (TPSA) is 55.6 Å². The third-order valence-electron chi connectivity index (χ3n) is 3.53. The maximum atomic E-state index is 13.7. The largest absolute Gasteiger partial charge is 1.00 e. The van der Waals surface area contributed by atoms with E-state index in [1.54, 1.807) is 28.6 Å². The summed E-state index contributed by atoms with van der Waals surface area (Å²) in [4.78, 5) is 0. The Morgan fingerprint density at radius 3 is 2.69 bits per heavy atom. The first-order chi connectivity index (χ1) is 12.3. The average molecular weight is 413 g/mol. The van der Waals surface area contributed by atoms with E-state index in [4.69, 9.17) is 11.6 Å². The van der Waals surface area contributed by atoms with Crippen LogP contribution in [-0.2, 0) is 6.54 Å². The molecule has 0 radical (unpaired) electrons. The standard InChI is InChI=1S/C17H17ClFN5S.ClH/c18-15-8-4-9-16(19)14(15)12-20-10-5-11-25-17-21-22-23-24(17)13-6-2-1-3-7-13;/h1-4,6-9,20H,5,10-12H2;1H/p-1. The normalized spacial score (nSPS) is 10.5. The zero-order valence-corrected chi connectivity index (χ0v) is 16.1. The molecule has 0 aliphatic carbocycles. The van der Waals surface area contributed by atoms with Crippen molar-refractivity contribution in [1.29, 1.82) is 0 Å². The van der Waals surface area contributed by atoms with Gasteiger partial charge in [-0.05, 0) is 47.7 Å². The number of nitrogens with one attached hydrogen (secondary N) is 1. The first-order valence-electron chi connectivity index (χ1n) is 7.86. The van der Waals surface area contributed by atoms with Gasteiger partial charge in [-0.2, -0.15) is 4.68 Å². The van der Waals surface area contributed by atoms with E-state index in [1.165, 1.54) is 6.07 Å². The molecule has 26 heavy (non-hydrogen) atoms. The Morgan fingerprint density at radius 2 is 1.92 bits per heavy atom. The van der Waals surface area contributed by atoms with E-state index in [-0.39, 0.29) is 18.2 Å². The molecule has 0 bridgehead atoms. The highest BCUT2D eigenvalue weighted by Crippen LogP contribution is 2.19. The highest BCUT2D eigenvalue weighted by molar-refractivity contribution is 7.99. The Labute approximate surface area is 166 Å². The van der Waals surface area contributed by atoms with Gasteiger partial charge < -0.3 is 17.7 Å². The molecule has 0 saturated heterocycles. The molecular formula is C17H17Cl2FN5S-. The number of halogens is 3. The third kappa shape index (κ3) is 5.41. The number of hydrogen-bond donors (Lipinski definition) is 1. The van der Waals surface area contributed by atoms with Crippen LogP contribution in [0.5, 0.6) is 0 Å². The lowest BCUT2D eigenvalue weighted by Crippen LogP contribution is -3.00. The molecule has 1 aromatic heterocycles. The summed E-state index contributed by atoms with van der Waals surface area (Å²) < 4.78 is 15.4. The number of tetrazole rings is 1. The van der Waals surface area contributed by atoms with Crippen molar-refractivity contribution in [2.24, 2.45) is 0 Å². The molecule has 0 saturated carbocycles. The number of benzene rings is 2. The Balaban J connectivity index is 0.00000243. The Bertz CT molecular complexity index is 796. The molecule has 5 nitrogen and oxygen atoms in total. The van der Waals surface area contributed by atoms with E-state index in [1.807, 2.05) is 30.3 Å². The van der Waals surface area contributed by atoms with Gasteiger partial charge in [-0.3, -0.25) is 0 Å². The van der Waals surface area contributed by atoms with Crippen LogP contribution in [0.15, 0.2) is 53.7 Å². The predicted molar refractivity (Wildman–Crippen MR) is 97.6 cm³/mol. The second kappa shape index (κ2) is 10.5. The van der Waals surface area contributed by atoms with Gasteiger partial charge in [0.15, 0.2) is 0 Å². The average Bonchev–Trinajstić information content (AvgIpc) is 3.09. The van der Waals surface area contributed by atoms with E-state index < -0.39 is 0 Å². The number of thioether (sulfide) groups is 1. The molecule has 138 valence electrons. The van der Waals surface area contributed by atoms with E-state index in [9.17, 15) is 4.39 Å². The lowest BCUT2D eigenvalue weighted by molar-refractivity contribution is -0.00000566. The maximum Gasteiger partial charge on any atom is 0.214 e. The fourth-order valence-corrected chi connectivity index (χ4v) is 3.33. The summed E-state index contributed by atoms with van der Waals surface area (Å²) in [6.45, 7) is 1.17. The first-order valence-corrected chi connectivity index (χ1v) is 9.22. The second-order valence-corrected chi connectivity index (χ2v) is 6.76. The van der Waals surface area contributed by atoms with Crippen molar-refractivity contribution in [2.45, 2.75) is 18.1 Å². The molecule has 3 rings (SSSR count). The molecule has 3 aromatic rings. The highest BCUT2D eigenvalue weighted by atomic mass is 35.5. The minimum Gasteiger partial charge on any atom is -1.00 e. The molecule has 9 heteroatoms. The monoisotopic (exact) mass is 412 g/mol. The van der Waals surface area contributed by atoms with Gasteiger partial charge in [0.1, 0.15) is 5.82 Å². The zero-order chi connectivity index (χ0) is 17.5. The summed E-state index contributed by atoms with van der Waals surface area (Å²) in [7, 11) is 0. The van der Waals surface area contributed by atoms with Crippen LogP contribution in [0, 0.1) is 5.82 Å². The van der Waals surface area contributed by atoms with Gasteiger partial charge in [-0.25, -0.2) is 4.39 Å². The van der Waals surface area contributed by atoms with E-state index in [0.717, 1.165) is 29.6 Å². The number of rotatable bonds is 8. The minimum atomic E-state index is -0.281. The molecule has 0 spiro atoms. The van der Waals surface area contributed by atoms with Crippen LogP contribution < -0.4 is 17.7 Å². The van der Waals surface area contributed by atoms with Gasteiger partial charge in [0, 0.05) is 22.9 Å². The molecule has 0 amide bonds. The van der Waals surface area contributed by atoms with Gasteiger partial charge >= 0.3 is 0 Å². The van der Waals surface area contributed by atoms with E-state index in [0.29, 0.717) is 17.1 Å². The molecule has 0 unspecified atom stereocenters. The molecule has 1 N–H and O–H groups in total. The summed E-state index contributed by atoms with van der Waals surface area (Å²) in [5.74, 6) is 0.571. The summed E-state index contributed by atoms with van der Waals surface area (Å²) in [6.07, 6.45) is 0.901. The van der Waals surface area contributed by atoms with Gasteiger partial charge in [0.05, 0.1) is 5.69 Å². The van der Waals surface area contributed by atoms with Gasteiger partial charge in [-0.1, -0.05) is 47.6 Å². The molecule has 0 atom stereocenters. The van der Waals surface area contributed by atoms with Gasteiger partial charge in [0.2, 0.25) is 5.16 Å². The van der Waals surface area contributed by atoms with E-state index in [2.05, 4.69) is 20.8 Å². The SMILES string of the molecule is Fc1cccc(Cl)c1CNCCCSc1nnnn1-c1ccccc1.[Cl-]. The van der Waals surface area contributed by atoms with Gasteiger partial charge in [-0.15, -0.1) is 5.10 Å². The molecule has 0 aliphatic rings. The Kier molecular flexibility index (Phi) is 8.31. The minimum absolute atomic E-state index is 0. The zero-order valence-electron chi connectivity index (χ0n) is 13.8. The molecule has 0 fully saturated rings. The van der Waals surface area contributed by atoms with Crippen LogP contribution >= 0.6 is 23.4 Å². The lowest BCUT2D eigenvalue weighted by atomic mass is 10.2. The summed E-state index contributed by atoms with van der Waals surface area (Å²) >= 11 is 7.59. The van der Waals surface area contributed by atoms with Crippen LogP contribution in [0.4, 0.5) is 4.39 Å². The second-order valence-electron chi connectivity index (χ2n) is 5.29. The van der Waals surface area contributed by atoms with Crippen LogP contribution in [0.25, 0.3) is 5.69 Å². The predicted octanol–water partition coefficient (Wildman–Crippen LogP) is 0.731. The Morgan fingerprint density at radius 1 is 1.12 bits per heavy atom. The third-order valence-corrected chi connectivity index (χ3v) is 4.89. The first kappa shape index (κ1) is 20.6. The van der Waals surface area contributed by atoms with Crippen molar-refractivity contribution in [3.05, 3.63) is 64.9 Å². The number of hydrogen-bond acceptors (Lipinski definition) is 5. The van der Waals surface area contributed by atoms with Crippen molar-refractivity contribution < 1.29 is 16.8 Å².